The zero-order chi connectivity index (χ0) is 38.8. The number of aromatic nitrogens is 2. The van der Waals surface area contributed by atoms with Crippen molar-refractivity contribution in [1.82, 2.24) is 9.97 Å². The molecular formula is C46H32Cl2N4O4. The molecule has 0 bridgehead atoms. The van der Waals surface area contributed by atoms with E-state index in [1.807, 2.05) is 97.1 Å². The summed E-state index contributed by atoms with van der Waals surface area (Å²) < 4.78 is 11.5. The van der Waals surface area contributed by atoms with Gasteiger partial charge in [0.25, 0.3) is 11.8 Å². The average Bonchev–Trinajstić information content (AvgIpc) is 3.23. The lowest BCUT2D eigenvalue weighted by Gasteiger charge is -2.16. The molecule has 0 atom stereocenters. The number of hydrogen-bond donors (Lipinski definition) is 2. The minimum Gasteiger partial charge on any atom is -0.495 e. The van der Waals surface area contributed by atoms with Crippen molar-refractivity contribution in [3.63, 3.8) is 0 Å². The van der Waals surface area contributed by atoms with Gasteiger partial charge in [0.15, 0.2) is 0 Å². The van der Waals surface area contributed by atoms with Crippen LogP contribution in [0, 0.1) is 0 Å². The number of methoxy groups -OCH3 is 2. The Bertz CT molecular complexity index is 2600. The summed E-state index contributed by atoms with van der Waals surface area (Å²) in [5.74, 6) is 0.303. The van der Waals surface area contributed by atoms with Crippen molar-refractivity contribution >= 4 is 68.2 Å². The highest BCUT2D eigenvalue weighted by Gasteiger charge is 2.19. The molecule has 0 radical (unpaired) electrons. The van der Waals surface area contributed by atoms with E-state index in [9.17, 15) is 9.59 Å². The molecule has 0 saturated heterocycles. The van der Waals surface area contributed by atoms with Gasteiger partial charge in [-0.05, 0) is 83.9 Å². The number of para-hydroxylation sites is 2. The lowest BCUT2D eigenvalue weighted by atomic mass is 10.0. The van der Waals surface area contributed by atoms with Crippen molar-refractivity contribution in [1.29, 1.82) is 0 Å². The van der Waals surface area contributed by atoms with Gasteiger partial charge in [0.05, 0.1) is 59.1 Å². The minimum atomic E-state index is -0.311. The van der Waals surface area contributed by atoms with Crippen LogP contribution in [-0.2, 0) is 0 Å². The number of hydrogen-bond acceptors (Lipinski definition) is 6. The fourth-order valence-electron chi connectivity index (χ4n) is 6.59. The van der Waals surface area contributed by atoms with Crippen LogP contribution in [0.1, 0.15) is 20.7 Å². The molecule has 2 aromatic heterocycles. The Labute approximate surface area is 332 Å². The number of fused-ring (bicyclic) bond motifs is 2. The molecule has 0 spiro atoms. The van der Waals surface area contributed by atoms with E-state index in [2.05, 4.69) is 10.6 Å². The van der Waals surface area contributed by atoms with Crippen LogP contribution >= 0.6 is 23.2 Å². The minimum absolute atomic E-state index is 0.311. The third-order valence-corrected chi connectivity index (χ3v) is 9.94. The quantitative estimate of drug-likeness (QED) is 0.151. The van der Waals surface area contributed by atoms with Gasteiger partial charge in [0.2, 0.25) is 0 Å². The number of halogens is 2. The molecule has 8 aromatic rings. The van der Waals surface area contributed by atoms with Crippen LogP contribution in [0.25, 0.3) is 55.4 Å². The molecular weight excluding hydrogens is 743 g/mol. The molecule has 0 fully saturated rings. The van der Waals surface area contributed by atoms with E-state index in [-0.39, 0.29) is 11.8 Å². The molecule has 0 unspecified atom stereocenters. The van der Waals surface area contributed by atoms with E-state index in [1.165, 1.54) is 0 Å². The van der Waals surface area contributed by atoms with Crippen molar-refractivity contribution < 1.29 is 19.1 Å². The first-order chi connectivity index (χ1) is 27.3. The summed E-state index contributed by atoms with van der Waals surface area (Å²) in [5, 5.41) is 8.75. The molecule has 2 heterocycles. The van der Waals surface area contributed by atoms with Gasteiger partial charge < -0.3 is 20.1 Å². The number of carbonyl (C=O) groups excluding carboxylic acids is 2. The van der Waals surface area contributed by atoms with Gasteiger partial charge in [-0.3, -0.25) is 9.59 Å². The van der Waals surface area contributed by atoms with Crippen molar-refractivity contribution in [3.05, 3.63) is 167 Å². The Kier molecular flexibility index (Phi) is 10.1. The molecule has 2 N–H and O–H groups in total. The molecule has 0 aliphatic carbocycles. The molecule has 6 aromatic carbocycles. The van der Waals surface area contributed by atoms with E-state index < -0.39 is 0 Å². The van der Waals surface area contributed by atoms with E-state index in [4.69, 9.17) is 42.6 Å². The first-order valence-corrected chi connectivity index (χ1v) is 18.3. The lowest BCUT2D eigenvalue weighted by molar-refractivity contribution is 0.102. The van der Waals surface area contributed by atoms with Crippen molar-refractivity contribution in [2.75, 3.05) is 24.9 Å². The Morgan fingerprint density at radius 2 is 0.857 bits per heavy atom. The highest BCUT2D eigenvalue weighted by Crippen LogP contribution is 2.36. The van der Waals surface area contributed by atoms with Crippen molar-refractivity contribution in [3.8, 4) is 45.1 Å². The number of carbonyl (C=O) groups is 2. The topological polar surface area (TPSA) is 102 Å². The first-order valence-electron chi connectivity index (χ1n) is 17.6. The number of nitrogens with one attached hydrogen (secondary N) is 2. The molecule has 10 heteroatoms. The maximum Gasteiger partial charge on any atom is 0.256 e. The predicted octanol–water partition coefficient (Wildman–Crippen LogP) is 11.6. The number of amides is 2. The van der Waals surface area contributed by atoms with E-state index >= 15 is 0 Å². The third kappa shape index (κ3) is 7.36. The van der Waals surface area contributed by atoms with Gasteiger partial charge >= 0.3 is 0 Å². The van der Waals surface area contributed by atoms with E-state index in [1.54, 1.807) is 62.8 Å². The molecule has 274 valence electrons. The Balaban J connectivity index is 1.06. The lowest BCUT2D eigenvalue weighted by Crippen LogP contribution is -2.14. The number of ether oxygens (including phenoxy) is 2. The fraction of sp³-hybridized carbons (Fsp3) is 0.0435. The van der Waals surface area contributed by atoms with Gasteiger partial charge in [-0.25, -0.2) is 9.97 Å². The van der Waals surface area contributed by atoms with Crippen molar-refractivity contribution in [2.24, 2.45) is 0 Å². The summed E-state index contributed by atoms with van der Waals surface area (Å²) in [7, 11) is 3.10. The molecule has 2 amide bonds. The zero-order valence-electron chi connectivity index (χ0n) is 30.1. The summed E-state index contributed by atoms with van der Waals surface area (Å²) in [6.45, 7) is 0. The highest BCUT2D eigenvalue weighted by atomic mass is 35.5. The number of nitrogens with zero attached hydrogens (tertiary/aromatic N) is 2. The van der Waals surface area contributed by atoms with Gasteiger partial charge in [-0.1, -0.05) is 96.0 Å². The molecule has 56 heavy (non-hydrogen) atoms. The monoisotopic (exact) mass is 774 g/mol. The molecule has 0 saturated carbocycles. The maximum absolute atomic E-state index is 13.9. The molecule has 0 aliphatic rings. The van der Waals surface area contributed by atoms with Gasteiger partial charge in [0, 0.05) is 31.9 Å². The second kappa shape index (κ2) is 15.5. The van der Waals surface area contributed by atoms with Crippen molar-refractivity contribution in [2.45, 2.75) is 0 Å². The number of pyridine rings is 2. The van der Waals surface area contributed by atoms with Gasteiger partial charge in [-0.15, -0.1) is 0 Å². The Morgan fingerprint density at radius 1 is 0.482 bits per heavy atom. The summed E-state index contributed by atoms with van der Waals surface area (Å²) in [6, 6.07) is 44.3. The van der Waals surface area contributed by atoms with Gasteiger partial charge in [-0.2, -0.15) is 0 Å². The zero-order valence-corrected chi connectivity index (χ0v) is 31.7. The van der Waals surface area contributed by atoms with Crippen LogP contribution < -0.4 is 20.1 Å². The second-order valence-electron chi connectivity index (χ2n) is 12.9. The van der Waals surface area contributed by atoms with Crippen LogP contribution in [0.2, 0.25) is 10.0 Å². The van der Waals surface area contributed by atoms with Crippen LogP contribution in [0.15, 0.2) is 146 Å². The van der Waals surface area contributed by atoms with Gasteiger partial charge in [0.1, 0.15) is 11.5 Å². The fourth-order valence-corrected chi connectivity index (χ4v) is 6.84. The summed E-state index contributed by atoms with van der Waals surface area (Å²) in [4.78, 5) is 37.4. The molecule has 0 aliphatic heterocycles. The van der Waals surface area contributed by atoms with Crippen LogP contribution in [-0.4, -0.2) is 36.0 Å². The summed E-state index contributed by atoms with van der Waals surface area (Å²) in [6.07, 6.45) is 0. The predicted molar refractivity (Wildman–Crippen MR) is 225 cm³/mol. The Morgan fingerprint density at radius 3 is 1.25 bits per heavy atom. The number of benzene rings is 6. The molecule has 8 rings (SSSR count). The van der Waals surface area contributed by atoms with Crippen LogP contribution in [0.5, 0.6) is 11.5 Å². The normalized spacial score (nSPS) is 11.0. The van der Waals surface area contributed by atoms with Crippen LogP contribution in [0.4, 0.5) is 11.4 Å². The van der Waals surface area contributed by atoms with E-state index in [0.29, 0.717) is 66.5 Å². The maximum atomic E-state index is 13.9. The summed E-state index contributed by atoms with van der Waals surface area (Å²) in [5.41, 5.74) is 7.91. The standard InChI is InChI=1S/C46H32Cl2N4O4/c1-55-43-23-29(15-21-39(43)51-45(53)35-25-41(27-11-17-31(47)18-12-27)49-37-9-5-3-7-33(35)37)30-16-22-40(44(24-30)56-2)52-46(54)36-26-42(28-13-19-32(48)20-14-28)50-38-10-6-4-8-34(36)38/h3-26H,1-2H3,(H,51,53)(H,52,54). The Hall–Kier alpha value is -6.74. The average molecular weight is 776 g/mol. The van der Waals surface area contributed by atoms with Crippen LogP contribution in [0.3, 0.4) is 0 Å². The molecule has 8 nitrogen and oxygen atoms in total. The smallest absolute Gasteiger partial charge is 0.256 e. The third-order valence-electron chi connectivity index (χ3n) is 9.43. The largest absolute Gasteiger partial charge is 0.495 e. The summed E-state index contributed by atoms with van der Waals surface area (Å²) >= 11 is 12.2. The first kappa shape index (κ1) is 36.2. The highest BCUT2D eigenvalue weighted by molar-refractivity contribution is 6.31. The number of rotatable bonds is 9. The second-order valence-corrected chi connectivity index (χ2v) is 13.8. The van der Waals surface area contributed by atoms with E-state index in [0.717, 1.165) is 33.0 Å². The number of anilines is 2. The SMILES string of the molecule is COc1cc(-c2ccc(NC(=O)c3cc(-c4ccc(Cl)cc4)nc4ccccc34)c(OC)c2)ccc1NC(=O)c1cc(-c2ccc(Cl)cc2)nc2ccccc12.